The number of anilines is 2. The Bertz CT molecular complexity index is 1010. The van der Waals surface area contributed by atoms with Crippen molar-refractivity contribution >= 4 is 28.6 Å². The van der Waals surface area contributed by atoms with E-state index in [-0.39, 0.29) is 12.3 Å². The fraction of sp³-hybridized carbons (Fsp3) is 0.429. The molecule has 8 nitrogen and oxygen atoms in total. The Kier molecular flexibility index (Phi) is 4.75. The van der Waals surface area contributed by atoms with E-state index in [1.165, 1.54) is 12.8 Å². The quantitative estimate of drug-likeness (QED) is 0.673. The molecule has 2 fully saturated rings. The third-order valence-corrected chi connectivity index (χ3v) is 5.74. The van der Waals surface area contributed by atoms with Gasteiger partial charge in [-0.15, -0.1) is 0 Å². The van der Waals surface area contributed by atoms with Crippen molar-refractivity contribution in [1.82, 2.24) is 20.0 Å². The number of amides is 1. The third-order valence-electron chi connectivity index (χ3n) is 5.74. The second kappa shape index (κ2) is 7.69. The summed E-state index contributed by atoms with van der Waals surface area (Å²) in [6.45, 7) is 4.95. The van der Waals surface area contributed by atoms with Crippen LogP contribution in [0.3, 0.4) is 0 Å². The number of benzene rings is 1. The van der Waals surface area contributed by atoms with E-state index in [4.69, 9.17) is 9.51 Å². The lowest BCUT2D eigenvalue weighted by Crippen LogP contribution is -2.49. The lowest BCUT2D eigenvalue weighted by atomic mass is 10.1. The zero-order valence-electron chi connectivity index (χ0n) is 16.3. The third kappa shape index (κ3) is 3.62. The number of para-hydroxylation sites is 1. The molecular weight excluding hydrogens is 368 g/mol. The lowest BCUT2D eigenvalue weighted by molar-refractivity contribution is -0.130. The van der Waals surface area contributed by atoms with E-state index in [9.17, 15) is 4.79 Å². The number of fused-ring (bicyclic) bond motifs is 1. The predicted molar refractivity (Wildman–Crippen MR) is 110 cm³/mol. The molecule has 5 rings (SSSR count). The molecule has 1 amide bonds. The van der Waals surface area contributed by atoms with Crippen LogP contribution in [0.1, 0.15) is 18.5 Å². The molecule has 0 N–H and O–H groups in total. The number of aromatic nitrogens is 3. The molecule has 150 valence electrons. The molecule has 0 spiro atoms. The molecule has 0 unspecified atom stereocenters. The van der Waals surface area contributed by atoms with Gasteiger partial charge in [0.1, 0.15) is 11.5 Å². The fourth-order valence-corrected chi connectivity index (χ4v) is 4.09. The molecule has 0 atom stereocenters. The Morgan fingerprint density at radius 3 is 2.59 bits per heavy atom. The van der Waals surface area contributed by atoms with Crippen LogP contribution < -0.4 is 9.80 Å². The van der Waals surface area contributed by atoms with Crippen LogP contribution in [0, 0.1) is 0 Å². The highest BCUT2D eigenvalue weighted by Crippen LogP contribution is 2.21. The Morgan fingerprint density at radius 2 is 1.76 bits per heavy atom. The van der Waals surface area contributed by atoms with Gasteiger partial charge in [-0.2, -0.15) is 4.98 Å². The predicted octanol–water partition coefficient (Wildman–Crippen LogP) is 2.11. The van der Waals surface area contributed by atoms with Crippen molar-refractivity contribution in [2.45, 2.75) is 19.3 Å². The van der Waals surface area contributed by atoms with Crippen LogP contribution in [0.5, 0.6) is 0 Å². The van der Waals surface area contributed by atoms with Crippen molar-refractivity contribution in [1.29, 1.82) is 0 Å². The van der Waals surface area contributed by atoms with Gasteiger partial charge >= 0.3 is 0 Å². The van der Waals surface area contributed by atoms with Gasteiger partial charge in [-0.05, 0) is 31.0 Å². The van der Waals surface area contributed by atoms with Gasteiger partial charge in [-0.25, -0.2) is 4.98 Å². The second-order valence-electron chi connectivity index (χ2n) is 7.58. The van der Waals surface area contributed by atoms with Gasteiger partial charge in [0.05, 0.1) is 6.42 Å². The van der Waals surface area contributed by atoms with Gasteiger partial charge in [0, 0.05) is 50.9 Å². The maximum atomic E-state index is 12.8. The number of rotatable bonds is 4. The maximum Gasteiger partial charge on any atom is 0.228 e. The van der Waals surface area contributed by atoms with E-state index < -0.39 is 0 Å². The highest BCUT2D eigenvalue weighted by atomic mass is 16.5. The normalized spacial score (nSPS) is 17.3. The summed E-state index contributed by atoms with van der Waals surface area (Å²) in [6, 6.07) is 9.61. The van der Waals surface area contributed by atoms with E-state index in [1.807, 2.05) is 41.4 Å². The largest absolute Gasteiger partial charge is 0.356 e. The number of piperazine rings is 1. The summed E-state index contributed by atoms with van der Waals surface area (Å²) in [6.07, 6.45) is 4.51. The molecule has 1 aromatic carbocycles. The van der Waals surface area contributed by atoms with Crippen LogP contribution in [-0.4, -0.2) is 65.2 Å². The van der Waals surface area contributed by atoms with Crippen molar-refractivity contribution in [3.8, 4) is 0 Å². The second-order valence-corrected chi connectivity index (χ2v) is 7.58. The first-order chi connectivity index (χ1) is 14.3. The standard InChI is InChI=1S/C21H24N6O2/c28-20(15-17-16-5-1-2-6-18(16)29-24-17)26-13-11-25(12-14-26)19-7-8-22-21(23-19)27-9-3-4-10-27/h1-2,5-8H,3-4,9-15H2. The van der Waals surface area contributed by atoms with Crippen LogP contribution in [0.2, 0.25) is 0 Å². The molecule has 8 heteroatoms. The van der Waals surface area contributed by atoms with Crippen LogP contribution >= 0.6 is 0 Å². The fourth-order valence-electron chi connectivity index (χ4n) is 4.09. The monoisotopic (exact) mass is 392 g/mol. The first kappa shape index (κ1) is 17.9. The molecule has 2 saturated heterocycles. The highest BCUT2D eigenvalue weighted by Gasteiger charge is 2.24. The zero-order chi connectivity index (χ0) is 19.6. The van der Waals surface area contributed by atoms with Crippen LogP contribution in [0.25, 0.3) is 11.0 Å². The van der Waals surface area contributed by atoms with Gasteiger partial charge in [-0.1, -0.05) is 17.3 Å². The highest BCUT2D eigenvalue weighted by molar-refractivity contribution is 5.86. The first-order valence-corrected chi connectivity index (χ1v) is 10.2. The van der Waals surface area contributed by atoms with E-state index >= 15 is 0 Å². The molecule has 0 radical (unpaired) electrons. The number of hydrogen-bond acceptors (Lipinski definition) is 7. The van der Waals surface area contributed by atoms with Crippen molar-refractivity contribution < 1.29 is 9.32 Å². The minimum atomic E-state index is 0.0872. The molecule has 0 saturated carbocycles. The maximum absolute atomic E-state index is 12.8. The molecule has 2 aromatic heterocycles. The van der Waals surface area contributed by atoms with Gasteiger partial charge in [0.25, 0.3) is 0 Å². The lowest BCUT2D eigenvalue weighted by Gasteiger charge is -2.35. The summed E-state index contributed by atoms with van der Waals surface area (Å²) < 4.78 is 5.32. The van der Waals surface area contributed by atoms with Gasteiger partial charge in [0.2, 0.25) is 11.9 Å². The summed E-state index contributed by atoms with van der Waals surface area (Å²) in [4.78, 5) is 28.3. The topological polar surface area (TPSA) is 78.6 Å². The molecule has 4 heterocycles. The van der Waals surface area contributed by atoms with E-state index in [0.717, 1.165) is 48.9 Å². The van der Waals surface area contributed by atoms with Gasteiger partial charge in [0.15, 0.2) is 5.58 Å². The SMILES string of the molecule is O=C(Cc1noc2ccccc12)N1CCN(c2ccnc(N3CCCC3)n2)CC1. The van der Waals surface area contributed by atoms with Crippen molar-refractivity contribution in [3.05, 3.63) is 42.2 Å². The van der Waals surface area contributed by atoms with Crippen LogP contribution in [0.15, 0.2) is 41.1 Å². The molecule has 0 bridgehead atoms. The molecule has 3 aromatic rings. The molecule has 29 heavy (non-hydrogen) atoms. The Hall–Kier alpha value is -3.16. The number of nitrogens with zero attached hydrogens (tertiary/aromatic N) is 6. The summed E-state index contributed by atoms with van der Waals surface area (Å²) in [7, 11) is 0. The molecule has 0 aliphatic carbocycles. The molecule has 2 aliphatic heterocycles. The average molecular weight is 392 g/mol. The summed E-state index contributed by atoms with van der Waals surface area (Å²) in [5.41, 5.74) is 1.43. The van der Waals surface area contributed by atoms with E-state index in [1.54, 1.807) is 0 Å². The van der Waals surface area contributed by atoms with E-state index in [2.05, 4.69) is 19.9 Å². The Labute approximate surface area is 169 Å². The van der Waals surface area contributed by atoms with Crippen molar-refractivity contribution in [3.63, 3.8) is 0 Å². The summed E-state index contributed by atoms with van der Waals surface area (Å²) in [5, 5.41) is 5.00. The van der Waals surface area contributed by atoms with Crippen LogP contribution in [-0.2, 0) is 11.2 Å². The average Bonchev–Trinajstić information content (AvgIpc) is 3.45. The number of hydrogen-bond donors (Lipinski definition) is 0. The first-order valence-electron chi connectivity index (χ1n) is 10.2. The molecular formula is C21H24N6O2. The smallest absolute Gasteiger partial charge is 0.228 e. The Balaban J connectivity index is 1.21. The minimum Gasteiger partial charge on any atom is -0.356 e. The minimum absolute atomic E-state index is 0.0872. The number of carbonyl (C=O) groups is 1. The van der Waals surface area contributed by atoms with Crippen LogP contribution in [0.4, 0.5) is 11.8 Å². The number of carbonyl (C=O) groups excluding carboxylic acids is 1. The van der Waals surface area contributed by atoms with Gasteiger partial charge in [-0.3, -0.25) is 4.79 Å². The Morgan fingerprint density at radius 1 is 0.966 bits per heavy atom. The summed E-state index contributed by atoms with van der Waals surface area (Å²) >= 11 is 0. The van der Waals surface area contributed by atoms with Crippen molar-refractivity contribution in [2.24, 2.45) is 0 Å². The molecule has 2 aliphatic rings. The van der Waals surface area contributed by atoms with Crippen molar-refractivity contribution in [2.75, 3.05) is 49.1 Å². The van der Waals surface area contributed by atoms with Gasteiger partial charge < -0.3 is 19.2 Å². The van der Waals surface area contributed by atoms with E-state index in [0.29, 0.717) is 18.8 Å². The summed E-state index contributed by atoms with van der Waals surface area (Å²) in [5.74, 6) is 1.84. The zero-order valence-corrected chi connectivity index (χ0v) is 16.3.